The van der Waals surface area contributed by atoms with Crippen molar-refractivity contribution < 1.29 is 8.95 Å². The standard InChI is InChI=1S/C19H32N4O2S.HI/c1-5-26(24)17-8-6-7-16(11-17)23-19(20-4)22-13-15-9-10-18(21-12-15)25-14(2)3;/h9-10,12,14,16-17H,5-8,11,13H2,1-4H3,(H2,20,22,23);1H. The van der Waals surface area contributed by atoms with E-state index in [-0.39, 0.29) is 30.1 Å². The van der Waals surface area contributed by atoms with Crippen molar-refractivity contribution >= 4 is 40.7 Å². The van der Waals surface area contributed by atoms with Crippen molar-refractivity contribution in [1.82, 2.24) is 15.6 Å². The van der Waals surface area contributed by atoms with E-state index in [2.05, 4.69) is 20.6 Å². The van der Waals surface area contributed by atoms with Gasteiger partial charge in [-0.25, -0.2) is 4.98 Å². The average molecular weight is 508 g/mol. The third-order valence-corrected chi connectivity index (χ3v) is 6.20. The fourth-order valence-electron chi connectivity index (χ4n) is 3.15. The summed E-state index contributed by atoms with van der Waals surface area (Å²) in [5.74, 6) is 2.16. The molecule has 0 aromatic carbocycles. The van der Waals surface area contributed by atoms with E-state index in [9.17, 15) is 4.21 Å². The topological polar surface area (TPSA) is 75.6 Å². The molecule has 154 valence electrons. The van der Waals surface area contributed by atoms with Gasteiger partial charge in [0.05, 0.1) is 6.10 Å². The summed E-state index contributed by atoms with van der Waals surface area (Å²) < 4.78 is 17.7. The number of aliphatic imine (C=N–C) groups is 1. The van der Waals surface area contributed by atoms with Crippen LogP contribution in [0.3, 0.4) is 0 Å². The van der Waals surface area contributed by atoms with E-state index in [1.165, 1.54) is 0 Å². The van der Waals surface area contributed by atoms with Gasteiger partial charge in [0.15, 0.2) is 5.96 Å². The van der Waals surface area contributed by atoms with Gasteiger partial charge in [-0.3, -0.25) is 9.20 Å². The highest BCUT2D eigenvalue weighted by Crippen LogP contribution is 2.23. The number of halogens is 1. The minimum atomic E-state index is -0.712. The number of ether oxygens (including phenoxy) is 1. The second-order valence-electron chi connectivity index (χ2n) is 6.90. The van der Waals surface area contributed by atoms with Crippen molar-refractivity contribution in [1.29, 1.82) is 0 Å². The van der Waals surface area contributed by atoms with Gasteiger partial charge in [0, 0.05) is 53.7 Å². The van der Waals surface area contributed by atoms with Gasteiger partial charge in [0.2, 0.25) is 5.88 Å². The molecule has 2 N–H and O–H groups in total. The van der Waals surface area contributed by atoms with Gasteiger partial charge >= 0.3 is 0 Å². The van der Waals surface area contributed by atoms with Crippen LogP contribution < -0.4 is 15.4 Å². The van der Waals surface area contributed by atoms with Gasteiger partial charge in [-0.15, -0.1) is 24.0 Å². The number of rotatable bonds is 7. The Kier molecular flexibility index (Phi) is 11.2. The highest BCUT2D eigenvalue weighted by atomic mass is 127. The molecular weight excluding hydrogens is 475 g/mol. The Balaban J connectivity index is 0.00000364. The minimum Gasteiger partial charge on any atom is -0.475 e. The molecule has 0 bridgehead atoms. The summed E-state index contributed by atoms with van der Waals surface area (Å²) in [5.41, 5.74) is 1.07. The Morgan fingerprint density at radius 2 is 2.19 bits per heavy atom. The molecule has 1 fully saturated rings. The lowest BCUT2D eigenvalue weighted by Crippen LogP contribution is -2.46. The molecule has 0 aliphatic heterocycles. The summed E-state index contributed by atoms with van der Waals surface area (Å²) in [7, 11) is 1.06. The fraction of sp³-hybridized carbons (Fsp3) is 0.684. The van der Waals surface area contributed by atoms with Crippen molar-refractivity contribution in [3.8, 4) is 5.88 Å². The number of pyridine rings is 1. The average Bonchev–Trinajstić information content (AvgIpc) is 2.65. The van der Waals surface area contributed by atoms with Gasteiger partial charge in [0.1, 0.15) is 0 Å². The van der Waals surface area contributed by atoms with E-state index < -0.39 is 10.8 Å². The van der Waals surface area contributed by atoms with Gasteiger partial charge in [-0.2, -0.15) is 0 Å². The maximum absolute atomic E-state index is 12.1. The van der Waals surface area contributed by atoms with Gasteiger partial charge in [-0.1, -0.05) is 19.4 Å². The SMILES string of the molecule is CCS(=O)C1CCCC(NC(=NC)NCc2ccc(OC(C)C)nc2)C1.I. The van der Waals surface area contributed by atoms with E-state index in [1.54, 1.807) is 7.05 Å². The molecule has 1 saturated carbocycles. The Morgan fingerprint density at radius 3 is 2.78 bits per heavy atom. The zero-order chi connectivity index (χ0) is 18.9. The predicted molar refractivity (Wildman–Crippen MR) is 123 cm³/mol. The first-order valence-electron chi connectivity index (χ1n) is 9.47. The van der Waals surface area contributed by atoms with E-state index >= 15 is 0 Å². The second kappa shape index (κ2) is 12.5. The Labute approximate surface area is 182 Å². The molecule has 6 nitrogen and oxygen atoms in total. The van der Waals surface area contributed by atoms with Crippen LogP contribution in [0, 0.1) is 0 Å². The number of guanidine groups is 1. The van der Waals surface area contributed by atoms with Crippen molar-refractivity contribution in [2.45, 2.75) is 70.4 Å². The highest BCUT2D eigenvalue weighted by Gasteiger charge is 2.25. The second-order valence-corrected chi connectivity index (χ2v) is 8.90. The third kappa shape index (κ3) is 8.33. The molecule has 1 aliphatic rings. The van der Waals surface area contributed by atoms with Crippen LogP contribution in [-0.4, -0.2) is 45.3 Å². The van der Waals surface area contributed by atoms with Gasteiger partial charge < -0.3 is 15.4 Å². The normalized spacial score (nSPS) is 21.3. The number of hydrogen-bond acceptors (Lipinski definition) is 4. The zero-order valence-corrected chi connectivity index (χ0v) is 19.9. The number of hydrogen-bond donors (Lipinski definition) is 2. The van der Waals surface area contributed by atoms with Crippen LogP contribution in [0.25, 0.3) is 0 Å². The van der Waals surface area contributed by atoms with Crippen LogP contribution in [0.1, 0.15) is 52.0 Å². The predicted octanol–water partition coefficient (Wildman–Crippen LogP) is 3.23. The smallest absolute Gasteiger partial charge is 0.213 e. The van der Waals surface area contributed by atoms with Crippen molar-refractivity contribution in [3.05, 3.63) is 23.9 Å². The molecule has 2 rings (SSSR count). The maximum atomic E-state index is 12.1. The van der Waals surface area contributed by atoms with Crippen molar-refractivity contribution in [2.75, 3.05) is 12.8 Å². The number of aromatic nitrogens is 1. The van der Waals surface area contributed by atoms with Gasteiger partial charge in [-0.05, 0) is 38.7 Å². The highest BCUT2D eigenvalue weighted by molar-refractivity contribution is 14.0. The molecule has 8 heteroatoms. The molecule has 3 unspecified atom stereocenters. The van der Waals surface area contributed by atoms with Crippen LogP contribution in [0.15, 0.2) is 23.3 Å². The largest absolute Gasteiger partial charge is 0.475 e. The monoisotopic (exact) mass is 508 g/mol. The summed E-state index contributed by atoms with van der Waals surface area (Å²) in [4.78, 5) is 8.64. The first-order valence-corrected chi connectivity index (χ1v) is 10.9. The van der Waals surface area contributed by atoms with E-state index in [1.807, 2.05) is 39.1 Å². The molecule has 0 spiro atoms. The lowest BCUT2D eigenvalue weighted by atomic mass is 9.95. The zero-order valence-electron chi connectivity index (χ0n) is 16.7. The van der Waals surface area contributed by atoms with E-state index in [4.69, 9.17) is 4.74 Å². The van der Waals surface area contributed by atoms with Gasteiger partial charge in [0.25, 0.3) is 0 Å². The maximum Gasteiger partial charge on any atom is 0.213 e. The number of nitrogens with one attached hydrogen (secondary N) is 2. The first kappa shape index (κ1) is 24.1. The number of nitrogens with zero attached hydrogens (tertiary/aromatic N) is 2. The van der Waals surface area contributed by atoms with E-state index in [0.717, 1.165) is 43.0 Å². The molecule has 1 aromatic rings. The van der Waals surface area contributed by atoms with Crippen molar-refractivity contribution in [3.63, 3.8) is 0 Å². The molecule has 0 amide bonds. The third-order valence-electron chi connectivity index (χ3n) is 4.46. The van der Waals surface area contributed by atoms with Crippen LogP contribution in [0.2, 0.25) is 0 Å². The molecule has 1 aliphatic carbocycles. The summed E-state index contributed by atoms with van der Waals surface area (Å²) >= 11 is 0. The van der Waals surface area contributed by atoms with E-state index in [0.29, 0.717) is 23.7 Å². The quantitative estimate of drug-likeness (QED) is 0.336. The molecule has 0 saturated heterocycles. The van der Waals surface area contributed by atoms with Crippen LogP contribution >= 0.6 is 24.0 Å². The van der Waals surface area contributed by atoms with Crippen LogP contribution in [-0.2, 0) is 17.3 Å². The fourth-order valence-corrected chi connectivity index (χ4v) is 4.50. The Hall–Kier alpha value is -0.900. The molecule has 0 radical (unpaired) electrons. The lowest BCUT2D eigenvalue weighted by molar-refractivity contribution is 0.232. The molecule has 1 heterocycles. The van der Waals surface area contributed by atoms with Crippen LogP contribution in [0.4, 0.5) is 0 Å². The molecule has 3 atom stereocenters. The molecule has 27 heavy (non-hydrogen) atoms. The lowest BCUT2D eigenvalue weighted by Gasteiger charge is -2.30. The molecular formula is C19H33IN4O2S. The Morgan fingerprint density at radius 1 is 1.41 bits per heavy atom. The summed E-state index contributed by atoms with van der Waals surface area (Å²) in [6.45, 7) is 6.61. The summed E-state index contributed by atoms with van der Waals surface area (Å²) in [5, 5.41) is 7.12. The molecule has 1 aromatic heterocycles. The minimum absolute atomic E-state index is 0. The summed E-state index contributed by atoms with van der Waals surface area (Å²) in [6, 6.07) is 4.22. The first-order chi connectivity index (χ1) is 12.5. The Bertz CT molecular complexity index is 610. The van der Waals surface area contributed by atoms with Crippen molar-refractivity contribution in [2.24, 2.45) is 4.99 Å². The summed E-state index contributed by atoms with van der Waals surface area (Å²) in [6.07, 6.45) is 6.17. The van der Waals surface area contributed by atoms with Crippen LogP contribution in [0.5, 0.6) is 5.88 Å².